The number of rotatable bonds is 6. The van der Waals surface area contributed by atoms with Crippen LogP contribution in [0.1, 0.15) is 43.2 Å². The van der Waals surface area contributed by atoms with E-state index in [1.807, 2.05) is 18.2 Å². The molecule has 258 valence electrons. The van der Waals surface area contributed by atoms with Gasteiger partial charge in [-0.05, 0) is 86.7 Å². The van der Waals surface area contributed by atoms with Gasteiger partial charge in [-0.1, -0.05) is 183 Å². The number of nitrogens with zero attached hydrogens (tertiary/aromatic N) is 2. The van der Waals surface area contributed by atoms with E-state index in [1.165, 1.54) is 87.7 Å². The maximum absolute atomic E-state index is 5.16. The Morgan fingerprint density at radius 2 is 0.833 bits per heavy atom. The zero-order valence-electron chi connectivity index (χ0n) is 30.3. The molecule has 2 aliphatic carbocycles. The van der Waals surface area contributed by atoms with Gasteiger partial charge in [-0.15, -0.1) is 0 Å². The highest BCUT2D eigenvalue weighted by Crippen LogP contribution is 2.58. The van der Waals surface area contributed by atoms with Gasteiger partial charge >= 0.3 is 0 Å². The van der Waals surface area contributed by atoms with Gasteiger partial charge in [-0.3, -0.25) is 0 Å². The summed E-state index contributed by atoms with van der Waals surface area (Å²) in [6.45, 7) is 0. The predicted octanol–water partition coefficient (Wildman–Crippen LogP) is 13.7. The van der Waals surface area contributed by atoms with Crippen LogP contribution in [0.2, 0.25) is 0 Å². The molecular formula is C52H40N2. The highest BCUT2D eigenvalue weighted by atomic mass is 14.9. The van der Waals surface area contributed by atoms with Gasteiger partial charge in [0.1, 0.15) is 0 Å². The molecule has 0 N–H and O–H groups in total. The zero-order chi connectivity index (χ0) is 35.9. The molecule has 0 bridgehead atoms. The van der Waals surface area contributed by atoms with Crippen LogP contribution >= 0.6 is 0 Å². The van der Waals surface area contributed by atoms with E-state index >= 15 is 0 Å². The summed E-state index contributed by atoms with van der Waals surface area (Å²) in [5.41, 5.74) is 18.4. The molecule has 2 heteroatoms. The van der Waals surface area contributed by atoms with Gasteiger partial charge in [0.05, 0.1) is 11.4 Å². The van der Waals surface area contributed by atoms with Gasteiger partial charge in [0.2, 0.25) is 0 Å². The Labute approximate surface area is 317 Å². The van der Waals surface area contributed by atoms with Crippen molar-refractivity contribution >= 4 is 0 Å². The normalized spacial score (nSPS) is 14.1. The van der Waals surface area contributed by atoms with E-state index in [2.05, 4.69) is 164 Å². The number of fused-ring (bicyclic) bond motifs is 5. The molecule has 1 fully saturated rings. The van der Waals surface area contributed by atoms with Crippen molar-refractivity contribution in [3.8, 4) is 78.4 Å². The molecule has 1 spiro atoms. The fourth-order valence-corrected chi connectivity index (χ4v) is 9.13. The second-order valence-electron chi connectivity index (χ2n) is 14.8. The Morgan fingerprint density at radius 1 is 0.333 bits per heavy atom. The lowest BCUT2D eigenvalue weighted by molar-refractivity contribution is 0.353. The molecule has 0 radical (unpaired) electrons. The summed E-state index contributed by atoms with van der Waals surface area (Å²) in [6, 6.07) is 65.8. The molecule has 7 aromatic carbocycles. The highest BCUT2D eigenvalue weighted by Gasteiger charge is 2.45. The molecule has 0 saturated heterocycles. The van der Waals surface area contributed by atoms with Crippen LogP contribution < -0.4 is 0 Å². The van der Waals surface area contributed by atoms with Crippen molar-refractivity contribution in [3.05, 3.63) is 193 Å². The number of hydrogen-bond donors (Lipinski definition) is 0. The van der Waals surface area contributed by atoms with Crippen LogP contribution in [-0.4, -0.2) is 9.97 Å². The topological polar surface area (TPSA) is 25.8 Å². The van der Waals surface area contributed by atoms with E-state index in [9.17, 15) is 0 Å². The number of benzene rings is 7. The summed E-state index contributed by atoms with van der Waals surface area (Å²) in [5.74, 6) is 0.721. The molecule has 0 atom stereocenters. The molecule has 0 amide bonds. The lowest BCUT2D eigenvalue weighted by Gasteiger charge is -2.37. The van der Waals surface area contributed by atoms with E-state index in [0.29, 0.717) is 0 Å². The monoisotopic (exact) mass is 692 g/mol. The quantitative estimate of drug-likeness (QED) is 0.173. The van der Waals surface area contributed by atoms with Crippen molar-refractivity contribution in [1.29, 1.82) is 0 Å². The van der Waals surface area contributed by atoms with Crippen molar-refractivity contribution in [1.82, 2.24) is 9.97 Å². The first-order chi connectivity index (χ1) is 26.7. The Balaban J connectivity index is 1.04. The van der Waals surface area contributed by atoms with Crippen LogP contribution in [0, 0.1) is 0 Å². The minimum absolute atomic E-state index is 0.0970. The van der Waals surface area contributed by atoms with Gasteiger partial charge in [0.25, 0.3) is 0 Å². The minimum Gasteiger partial charge on any atom is -0.228 e. The number of aromatic nitrogens is 2. The van der Waals surface area contributed by atoms with Gasteiger partial charge in [-0.2, -0.15) is 0 Å². The summed E-state index contributed by atoms with van der Waals surface area (Å²) in [7, 11) is 0. The molecule has 1 saturated carbocycles. The van der Waals surface area contributed by atoms with Gasteiger partial charge in [0.15, 0.2) is 5.82 Å². The SMILES string of the molecule is c1ccc(-c2ccc(-c3cc(-c4cccc(-c5cccc(-c6cccc7c6C6(CCCCC6)c6ccccc6-7)c5)c4)nc(-c4ccccc4)n3)cc2)cc1. The fourth-order valence-electron chi connectivity index (χ4n) is 9.13. The molecular weight excluding hydrogens is 653 g/mol. The van der Waals surface area contributed by atoms with Crippen LogP contribution in [0.5, 0.6) is 0 Å². The Kier molecular flexibility index (Phi) is 8.10. The van der Waals surface area contributed by atoms with E-state index < -0.39 is 0 Å². The summed E-state index contributed by atoms with van der Waals surface area (Å²) in [6.07, 6.45) is 6.33. The Bertz CT molecular complexity index is 2620. The summed E-state index contributed by atoms with van der Waals surface area (Å²) < 4.78 is 0. The molecule has 2 aliphatic rings. The van der Waals surface area contributed by atoms with Crippen LogP contribution in [0.3, 0.4) is 0 Å². The molecule has 8 aromatic rings. The first-order valence-corrected chi connectivity index (χ1v) is 19.3. The number of hydrogen-bond acceptors (Lipinski definition) is 2. The van der Waals surface area contributed by atoms with Gasteiger partial charge < -0.3 is 0 Å². The van der Waals surface area contributed by atoms with Crippen molar-refractivity contribution in [2.75, 3.05) is 0 Å². The Morgan fingerprint density at radius 3 is 1.57 bits per heavy atom. The van der Waals surface area contributed by atoms with Crippen LogP contribution in [0.25, 0.3) is 78.4 Å². The second kappa shape index (κ2) is 13.5. The minimum atomic E-state index is 0.0970. The van der Waals surface area contributed by atoms with E-state index in [-0.39, 0.29) is 5.41 Å². The second-order valence-corrected chi connectivity index (χ2v) is 14.8. The molecule has 54 heavy (non-hydrogen) atoms. The average Bonchev–Trinajstić information content (AvgIpc) is 3.53. The van der Waals surface area contributed by atoms with Crippen molar-refractivity contribution in [2.45, 2.75) is 37.5 Å². The molecule has 0 unspecified atom stereocenters. The smallest absolute Gasteiger partial charge is 0.160 e. The van der Waals surface area contributed by atoms with E-state index in [4.69, 9.17) is 9.97 Å². The van der Waals surface area contributed by atoms with Crippen LogP contribution in [0.15, 0.2) is 182 Å². The average molecular weight is 693 g/mol. The molecule has 2 nitrogen and oxygen atoms in total. The summed E-state index contributed by atoms with van der Waals surface area (Å²) >= 11 is 0. The fraction of sp³-hybridized carbons (Fsp3) is 0.115. The van der Waals surface area contributed by atoms with Gasteiger partial charge in [-0.25, -0.2) is 9.97 Å². The first-order valence-electron chi connectivity index (χ1n) is 19.3. The highest BCUT2D eigenvalue weighted by molar-refractivity contribution is 5.89. The molecule has 1 aromatic heterocycles. The molecule has 1 heterocycles. The third kappa shape index (κ3) is 5.67. The lowest BCUT2D eigenvalue weighted by Crippen LogP contribution is -2.28. The van der Waals surface area contributed by atoms with Crippen molar-refractivity contribution in [3.63, 3.8) is 0 Å². The van der Waals surface area contributed by atoms with Crippen molar-refractivity contribution in [2.24, 2.45) is 0 Å². The third-order valence-electron chi connectivity index (χ3n) is 11.7. The largest absolute Gasteiger partial charge is 0.228 e. The van der Waals surface area contributed by atoms with E-state index in [0.717, 1.165) is 33.9 Å². The maximum atomic E-state index is 5.16. The van der Waals surface area contributed by atoms with E-state index in [1.54, 1.807) is 0 Å². The zero-order valence-corrected chi connectivity index (χ0v) is 30.3. The van der Waals surface area contributed by atoms with Crippen LogP contribution in [-0.2, 0) is 5.41 Å². The Hall–Kier alpha value is -6.38. The molecule has 0 aliphatic heterocycles. The standard InChI is InChI=1S/C52H40N2/c1-4-15-36(16-5-1)37-27-29-38(30-28-37)48-35-49(54-51(53-48)39-17-6-2-7-18-39)43-22-13-20-41(34-43)40-19-12-21-42(33-40)44-24-14-25-46-45-23-8-9-26-47(45)52(50(44)46)31-10-3-11-32-52/h1-2,4-9,12-30,33-35H,3,10-11,31-32H2. The summed E-state index contributed by atoms with van der Waals surface area (Å²) in [4.78, 5) is 10.3. The van der Waals surface area contributed by atoms with Crippen LogP contribution in [0.4, 0.5) is 0 Å². The molecule has 10 rings (SSSR count). The summed E-state index contributed by atoms with van der Waals surface area (Å²) in [5, 5.41) is 0. The first kappa shape index (κ1) is 32.3. The maximum Gasteiger partial charge on any atom is 0.160 e. The lowest BCUT2D eigenvalue weighted by atomic mass is 9.66. The predicted molar refractivity (Wildman–Crippen MR) is 224 cm³/mol. The third-order valence-corrected chi connectivity index (χ3v) is 11.7. The van der Waals surface area contributed by atoms with Gasteiger partial charge in [0, 0.05) is 22.1 Å². The van der Waals surface area contributed by atoms with Crippen molar-refractivity contribution < 1.29 is 0 Å².